The van der Waals surface area contributed by atoms with Gasteiger partial charge in [-0.2, -0.15) is 0 Å². The Kier molecular flexibility index (Phi) is 3.97. The molecule has 0 bridgehead atoms. The minimum atomic E-state index is 0.458. The van der Waals surface area contributed by atoms with Gasteiger partial charge in [0, 0.05) is 0 Å². The van der Waals surface area contributed by atoms with Crippen molar-refractivity contribution in [2.75, 3.05) is 0 Å². The Morgan fingerprint density at radius 3 is 1.86 bits per heavy atom. The molecule has 1 aliphatic heterocycles. The zero-order valence-corrected chi connectivity index (χ0v) is 14.4. The number of benzene rings is 1. The van der Waals surface area contributed by atoms with Crippen LogP contribution in [0.15, 0.2) is 24.3 Å². The first-order chi connectivity index (χ1) is 9.89. The van der Waals surface area contributed by atoms with E-state index in [4.69, 9.17) is 0 Å². The molecule has 1 aliphatic carbocycles. The lowest BCUT2D eigenvalue weighted by Gasteiger charge is -2.35. The summed E-state index contributed by atoms with van der Waals surface area (Å²) in [6.07, 6.45) is 9.78. The van der Waals surface area contributed by atoms with Crippen molar-refractivity contribution in [2.24, 2.45) is 10.8 Å². The second-order valence-electron chi connectivity index (χ2n) is 8.87. The highest BCUT2D eigenvalue weighted by Gasteiger charge is 2.47. The molecule has 2 aliphatic rings. The molecule has 0 atom stereocenters. The van der Waals surface area contributed by atoms with Crippen LogP contribution in [0.3, 0.4) is 0 Å². The van der Waals surface area contributed by atoms with Gasteiger partial charge in [0.05, 0.1) is 0 Å². The molecule has 0 spiro atoms. The minimum Gasteiger partial charge on any atom is -0.0800 e. The quantitative estimate of drug-likeness (QED) is 0.628. The summed E-state index contributed by atoms with van der Waals surface area (Å²) in [4.78, 5) is 0. The van der Waals surface area contributed by atoms with Crippen molar-refractivity contribution >= 4 is 12.2 Å². The van der Waals surface area contributed by atoms with Crippen LogP contribution in [-0.2, 0) is 0 Å². The summed E-state index contributed by atoms with van der Waals surface area (Å²) >= 11 is 0. The maximum atomic E-state index is 2.45. The molecule has 1 saturated carbocycles. The highest BCUT2D eigenvalue weighted by molar-refractivity contribution is 6.74. The summed E-state index contributed by atoms with van der Waals surface area (Å²) in [5.41, 5.74) is 4.09. The van der Waals surface area contributed by atoms with Crippen LogP contribution in [0.5, 0.6) is 0 Å². The summed E-state index contributed by atoms with van der Waals surface area (Å²) in [5.74, 6) is 0.837. The summed E-state index contributed by atoms with van der Waals surface area (Å²) in [6, 6.07) is 9.74. The molecule has 0 aromatic heterocycles. The third-order valence-electron chi connectivity index (χ3n) is 6.83. The van der Waals surface area contributed by atoms with E-state index in [-0.39, 0.29) is 0 Å². The van der Waals surface area contributed by atoms with E-state index in [1.807, 2.05) is 0 Å². The largest absolute Gasteiger partial charge is 0.176 e. The third kappa shape index (κ3) is 2.94. The zero-order valence-electron chi connectivity index (χ0n) is 14.4. The number of rotatable bonds is 2. The van der Waals surface area contributed by atoms with Crippen LogP contribution in [0.2, 0.25) is 12.6 Å². The smallest absolute Gasteiger partial charge is 0.0800 e. The van der Waals surface area contributed by atoms with Crippen molar-refractivity contribution in [1.29, 1.82) is 0 Å². The van der Waals surface area contributed by atoms with Crippen LogP contribution in [0.4, 0.5) is 0 Å². The lowest BCUT2D eigenvalue weighted by molar-refractivity contribution is 0.177. The predicted octanol–water partition coefficient (Wildman–Crippen LogP) is 5.50. The van der Waals surface area contributed by atoms with Gasteiger partial charge in [0.25, 0.3) is 0 Å². The average molecular weight is 282 g/mol. The fourth-order valence-electron chi connectivity index (χ4n) is 4.57. The summed E-state index contributed by atoms with van der Waals surface area (Å²) < 4.78 is 0. The molecule has 3 rings (SSSR count). The first-order valence-electron chi connectivity index (χ1n) is 8.99. The lowest BCUT2D eigenvalue weighted by Crippen LogP contribution is -2.27. The van der Waals surface area contributed by atoms with Crippen molar-refractivity contribution in [2.45, 2.75) is 78.4 Å². The summed E-state index contributed by atoms with van der Waals surface area (Å²) in [7, 11) is 0. The topological polar surface area (TPSA) is 0 Å². The second-order valence-corrected chi connectivity index (χ2v) is 8.87. The van der Waals surface area contributed by atoms with Crippen molar-refractivity contribution in [3.05, 3.63) is 29.8 Å². The first kappa shape index (κ1) is 15.2. The molecule has 0 amide bonds. The van der Waals surface area contributed by atoms with E-state index in [1.165, 1.54) is 44.7 Å². The molecule has 114 valence electrons. The van der Waals surface area contributed by atoms with Crippen molar-refractivity contribution in [3.63, 3.8) is 0 Å². The third-order valence-corrected chi connectivity index (χ3v) is 6.83. The molecule has 1 heterocycles. The van der Waals surface area contributed by atoms with Crippen LogP contribution < -0.4 is 5.46 Å². The lowest BCUT2D eigenvalue weighted by atomic mass is 9.42. The summed E-state index contributed by atoms with van der Waals surface area (Å²) in [6.45, 7) is 10.6. The molecule has 0 nitrogen and oxygen atoms in total. The van der Waals surface area contributed by atoms with E-state index in [0.29, 0.717) is 10.8 Å². The van der Waals surface area contributed by atoms with Gasteiger partial charge in [-0.3, -0.25) is 0 Å². The van der Waals surface area contributed by atoms with Gasteiger partial charge in [-0.15, -0.1) is 0 Å². The molecule has 1 heteroatoms. The number of hydrogen-bond acceptors (Lipinski definition) is 0. The van der Waals surface area contributed by atoms with E-state index in [1.54, 1.807) is 11.0 Å². The van der Waals surface area contributed by atoms with Crippen molar-refractivity contribution in [3.8, 4) is 0 Å². The normalized spacial score (nSPS) is 25.2. The Hall–Kier alpha value is -0.715. The van der Waals surface area contributed by atoms with Gasteiger partial charge in [-0.25, -0.2) is 0 Å². The Balaban J connectivity index is 1.73. The van der Waals surface area contributed by atoms with Gasteiger partial charge >= 0.3 is 0 Å². The van der Waals surface area contributed by atoms with Crippen LogP contribution in [0, 0.1) is 10.8 Å². The second kappa shape index (κ2) is 5.49. The maximum Gasteiger partial charge on any atom is 0.176 e. The fourth-order valence-corrected chi connectivity index (χ4v) is 4.57. The molecule has 0 radical (unpaired) electrons. The first-order valence-corrected chi connectivity index (χ1v) is 8.99. The van der Waals surface area contributed by atoms with Crippen LogP contribution >= 0.6 is 0 Å². The van der Waals surface area contributed by atoms with E-state index in [2.05, 4.69) is 52.0 Å². The van der Waals surface area contributed by atoms with Gasteiger partial charge in [0.2, 0.25) is 0 Å². The Morgan fingerprint density at radius 2 is 1.33 bits per heavy atom. The summed E-state index contributed by atoms with van der Waals surface area (Å²) in [5, 5.41) is 0. The highest BCUT2D eigenvalue weighted by atomic mass is 14.4. The van der Waals surface area contributed by atoms with Crippen LogP contribution in [0.25, 0.3) is 0 Å². The van der Waals surface area contributed by atoms with E-state index in [0.717, 1.165) is 12.6 Å². The van der Waals surface area contributed by atoms with E-state index in [9.17, 15) is 0 Å². The maximum absolute atomic E-state index is 2.45. The van der Waals surface area contributed by atoms with E-state index < -0.39 is 0 Å². The Labute approximate surface area is 131 Å². The van der Waals surface area contributed by atoms with Gasteiger partial charge in [-0.05, 0) is 35.2 Å². The monoisotopic (exact) mass is 282 g/mol. The number of hydrogen-bond donors (Lipinski definition) is 0. The molecular weight excluding hydrogens is 251 g/mol. The fraction of sp³-hybridized carbons (Fsp3) is 0.700. The van der Waals surface area contributed by atoms with Crippen LogP contribution in [0.1, 0.15) is 71.3 Å². The molecule has 1 aromatic carbocycles. The van der Waals surface area contributed by atoms with Crippen molar-refractivity contribution < 1.29 is 0 Å². The molecule has 2 fully saturated rings. The van der Waals surface area contributed by atoms with Gasteiger partial charge < -0.3 is 0 Å². The predicted molar refractivity (Wildman–Crippen MR) is 94.8 cm³/mol. The van der Waals surface area contributed by atoms with Gasteiger partial charge in [0.15, 0.2) is 6.71 Å². The molecule has 1 saturated heterocycles. The van der Waals surface area contributed by atoms with Crippen LogP contribution in [-0.4, -0.2) is 6.71 Å². The Bertz CT molecular complexity index is 461. The van der Waals surface area contributed by atoms with Gasteiger partial charge in [-0.1, -0.05) is 89.3 Å². The molecule has 0 N–H and O–H groups in total. The molecule has 1 aromatic rings. The van der Waals surface area contributed by atoms with E-state index >= 15 is 0 Å². The standard InChI is InChI=1S/C20H31B/c1-19(2)14-21(15-20(19,3)4)18-12-10-17(11-13-18)16-8-6-5-7-9-16/h10-13,16H,5-9,14-15H2,1-4H3. The molecule has 21 heavy (non-hydrogen) atoms. The SMILES string of the molecule is CC1(C)CB(c2ccc(C3CCCCC3)cc2)CC1(C)C. The molecular formula is C20H31B. The van der Waals surface area contributed by atoms with Crippen molar-refractivity contribution in [1.82, 2.24) is 0 Å². The zero-order chi connectivity index (χ0) is 15.1. The minimum absolute atomic E-state index is 0.458. The Morgan fingerprint density at radius 1 is 0.810 bits per heavy atom. The average Bonchev–Trinajstić information content (AvgIpc) is 2.69. The van der Waals surface area contributed by atoms with Gasteiger partial charge in [0.1, 0.15) is 0 Å². The molecule has 0 unspecified atom stereocenters. The highest BCUT2D eigenvalue weighted by Crippen LogP contribution is 2.52.